The van der Waals surface area contributed by atoms with Crippen LogP contribution in [0.4, 0.5) is 4.39 Å². The molecular formula is C18H29FIN3O2. The van der Waals surface area contributed by atoms with Crippen LogP contribution in [0.15, 0.2) is 29.3 Å². The van der Waals surface area contributed by atoms with Crippen LogP contribution in [-0.2, 0) is 4.74 Å². The van der Waals surface area contributed by atoms with E-state index in [2.05, 4.69) is 15.6 Å². The van der Waals surface area contributed by atoms with Gasteiger partial charge in [0.05, 0.1) is 12.6 Å². The fourth-order valence-electron chi connectivity index (χ4n) is 2.58. The van der Waals surface area contributed by atoms with E-state index in [1.54, 1.807) is 18.2 Å². The van der Waals surface area contributed by atoms with Gasteiger partial charge in [-0.3, -0.25) is 0 Å². The van der Waals surface area contributed by atoms with E-state index in [1.165, 1.54) is 6.07 Å². The van der Waals surface area contributed by atoms with E-state index < -0.39 is 0 Å². The Kier molecular flexibility index (Phi) is 10.8. The standard InChI is InChI=1S/C18H28FN3O2.HI/c1-3-20-18(21-11-10-15-7-6-12-23-15)22-13-14(2)24-17-9-5-4-8-16(17)19;/h4-5,8-9,14-15H,3,6-7,10-13H2,1-2H3,(H2,20,21,22);1H. The first-order chi connectivity index (χ1) is 11.7. The SMILES string of the molecule is CCNC(=NCC(C)Oc1ccccc1F)NCCC1CCCO1.I. The Hall–Kier alpha value is -1.09. The third-order valence-electron chi connectivity index (χ3n) is 3.80. The maximum atomic E-state index is 13.6. The first kappa shape index (κ1) is 22.0. The van der Waals surface area contributed by atoms with E-state index in [0.29, 0.717) is 12.6 Å². The zero-order valence-corrected chi connectivity index (χ0v) is 17.3. The van der Waals surface area contributed by atoms with Crippen molar-refractivity contribution in [2.45, 2.75) is 45.3 Å². The Bertz CT molecular complexity index is 525. The Morgan fingerprint density at radius 1 is 1.40 bits per heavy atom. The molecule has 1 aliphatic rings. The van der Waals surface area contributed by atoms with Crippen molar-refractivity contribution < 1.29 is 13.9 Å². The molecule has 2 N–H and O–H groups in total. The second kappa shape index (κ2) is 12.3. The van der Waals surface area contributed by atoms with E-state index in [0.717, 1.165) is 44.9 Å². The molecule has 0 spiro atoms. The van der Waals surface area contributed by atoms with Crippen molar-refractivity contribution in [3.05, 3.63) is 30.1 Å². The normalized spacial score (nSPS) is 18.4. The van der Waals surface area contributed by atoms with E-state index >= 15 is 0 Å². The zero-order valence-electron chi connectivity index (χ0n) is 15.0. The summed E-state index contributed by atoms with van der Waals surface area (Å²) in [6.45, 7) is 6.84. The van der Waals surface area contributed by atoms with E-state index in [1.807, 2.05) is 13.8 Å². The molecule has 1 saturated heterocycles. The van der Waals surface area contributed by atoms with Crippen molar-refractivity contribution in [3.8, 4) is 5.75 Å². The van der Waals surface area contributed by atoms with Gasteiger partial charge >= 0.3 is 0 Å². The summed E-state index contributed by atoms with van der Waals surface area (Å²) in [5.41, 5.74) is 0. The largest absolute Gasteiger partial charge is 0.486 e. The van der Waals surface area contributed by atoms with Crippen LogP contribution >= 0.6 is 24.0 Å². The maximum absolute atomic E-state index is 13.6. The summed E-state index contributed by atoms with van der Waals surface area (Å²) < 4.78 is 24.8. The number of aliphatic imine (C=N–C) groups is 1. The molecule has 0 aliphatic carbocycles. The molecule has 2 atom stereocenters. The van der Waals surface area contributed by atoms with Crippen LogP contribution in [0.1, 0.15) is 33.1 Å². The van der Waals surface area contributed by atoms with Crippen molar-refractivity contribution in [2.75, 3.05) is 26.2 Å². The molecule has 7 heteroatoms. The van der Waals surface area contributed by atoms with Gasteiger partial charge in [0.25, 0.3) is 0 Å². The van der Waals surface area contributed by atoms with Gasteiger partial charge in [0.15, 0.2) is 17.5 Å². The third kappa shape index (κ3) is 8.22. The molecule has 25 heavy (non-hydrogen) atoms. The maximum Gasteiger partial charge on any atom is 0.191 e. The molecule has 1 aromatic rings. The number of nitrogens with one attached hydrogen (secondary N) is 2. The smallest absolute Gasteiger partial charge is 0.191 e. The number of halogens is 2. The fourth-order valence-corrected chi connectivity index (χ4v) is 2.58. The predicted molar refractivity (Wildman–Crippen MR) is 109 cm³/mol. The van der Waals surface area contributed by atoms with Gasteiger partial charge in [-0.05, 0) is 45.2 Å². The lowest BCUT2D eigenvalue weighted by Gasteiger charge is -2.16. The minimum Gasteiger partial charge on any atom is -0.486 e. The Labute approximate surface area is 166 Å². The number of ether oxygens (including phenoxy) is 2. The Balaban J connectivity index is 0.00000312. The van der Waals surface area contributed by atoms with E-state index in [-0.39, 0.29) is 41.6 Å². The summed E-state index contributed by atoms with van der Waals surface area (Å²) in [7, 11) is 0. The van der Waals surface area contributed by atoms with E-state index in [4.69, 9.17) is 9.47 Å². The lowest BCUT2D eigenvalue weighted by atomic mass is 10.2. The molecule has 0 bridgehead atoms. The Morgan fingerprint density at radius 3 is 2.88 bits per heavy atom. The molecule has 1 aromatic carbocycles. The average Bonchev–Trinajstić information content (AvgIpc) is 3.08. The highest BCUT2D eigenvalue weighted by Crippen LogP contribution is 2.17. The monoisotopic (exact) mass is 465 g/mol. The quantitative estimate of drug-likeness (QED) is 0.352. The highest BCUT2D eigenvalue weighted by Gasteiger charge is 2.15. The molecule has 5 nitrogen and oxygen atoms in total. The molecule has 2 unspecified atom stereocenters. The number of nitrogens with zero attached hydrogens (tertiary/aromatic N) is 1. The zero-order chi connectivity index (χ0) is 17.2. The van der Waals surface area contributed by atoms with Gasteiger partial charge < -0.3 is 20.1 Å². The third-order valence-corrected chi connectivity index (χ3v) is 3.80. The van der Waals surface area contributed by atoms with Gasteiger partial charge in [-0.2, -0.15) is 0 Å². The highest BCUT2D eigenvalue weighted by molar-refractivity contribution is 14.0. The summed E-state index contributed by atoms with van der Waals surface area (Å²) in [4.78, 5) is 4.51. The summed E-state index contributed by atoms with van der Waals surface area (Å²) in [5, 5.41) is 6.51. The van der Waals surface area contributed by atoms with Crippen LogP contribution in [0.25, 0.3) is 0 Å². The first-order valence-corrected chi connectivity index (χ1v) is 8.74. The summed E-state index contributed by atoms with van der Waals surface area (Å²) in [6, 6.07) is 6.42. The molecule has 2 rings (SSSR count). The van der Waals surface area contributed by atoms with Gasteiger partial charge in [-0.15, -0.1) is 24.0 Å². The number of hydrogen-bond donors (Lipinski definition) is 2. The lowest BCUT2D eigenvalue weighted by molar-refractivity contribution is 0.105. The number of guanidine groups is 1. The van der Waals surface area contributed by atoms with Crippen LogP contribution in [0.5, 0.6) is 5.75 Å². The van der Waals surface area contributed by atoms with Gasteiger partial charge in [0.2, 0.25) is 0 Å². The summed E-state index contributed by atoms with van der Waals surface area (Å²) >= 11 is 0. The highest BCUT2D eigenvalue weighted by atomic mass is 127. The lowest BCUT2D eigenvalue weighted by Crippen LogP contribution is -2.39. The summed E-state index contributed by atoms with van der Waals surface area (Å²) in [5.74, 6) is 0.658. The van der Waals surface area contributed by atoms with Gasteiger partial charge in [0, 0.05) is 19.7 Å². The van der Waals surface area contributed by atoms with Crippen LogP contribution in [-0.4, -0.2) is 44.4 Å². The van der Waals surface area contributed by atoms with Crippen molar-refractivity contribution >= 4 is 29.9 Å². The number of hydrogen-bond acceptors (Lipinski definition) is 3. The molecular weight excluding hydrogens is 436 g/mol. The topological polar surface area (TPSA) is 54.9 Å². The van der Waals surface area contributed by atoms with Crippen molar-refractivity contribution in [3.63, 3.8) is 0 Å². The minimum atomic E-state index is -0.352. The predicted octanol–water partition coefficient (Wildman–Crippen LogP) is 3.34. The molecule has 0 amide bonds. The van der Waals surface area contributed by atoms with Crippen LogP contribution in [0.2, 0.25) is 0 Å². The average molecular weight is 465 g/mol. The van der Waals surface area contributed by atoms with Crippen LogP contribution < -0.4 is 15.4 Å². The molecule has 1 aliphatic heterocycles. The van der Waals surface area contributed by atoms with Gasteiger partial charge in [0.1, 0.15) is 6.10 Å². The molecule has 1 heterocycles. The van der Waals surface area contributed by atoms with E-state index in [9.17, 15) is 4.39 Å². The molecule has 0 radical (unpaired) electrons. The minimum absolute atomic E-state index is 0. The first-order valence-electron chi connectivity index (χ1n) is 8.74. The summed E-state index contributed by atoms with van der Waals surface area (Å²) in [6.07, 6.45) is 3.43. The fraction of sp³-hybridized carbons (Fsp3) is 0.611. The van der Waals surface area contributed by atoms with Crippen molar-refractivity contribution in [2.24, 2.45) is 4.99 Å². The number of para-hydroxylation sites is 1. The molecule has 0 saturated carbocycles. The molecule has 142 valence electrons. The number of benzene rings is 1. The molecule has 1 fully saturated rings. The van der Waals surface area contributed by atoms with Crippen molar-refractivity contribution in [1.82, 2.24) is 10.6 Å². The van der Waals surface area contributed by atoms with Crippen LogP contribution in [0.3, 0.4) is 0 Å². The van der Waals surface area contributed by atoms with Crippen molar-refractivity contribution in [1.29, 1.82) is 0 Å². The second-order valence-electron chi connectivity index (χ2n) is 5.93. The van der Waals surface area contributed by atoms with Gasteiger partial charge in [-0.1, -0.05) is 12.1 Å². The van der Waals surface area contributed by atoms with Crippen LogP contribution in [0, 0.1) is 5.82 Å². The van der Waals surface area contributed by atoms with Gasteiger partial charge in [-0.25, -0.2) is 9.38 Å². The molecule has 0 aromatic heterocycles. The number of rotatable bonds is 8. The second-order valence-corrected chi connectivity index (χ2v) is 5.93. The Morgan fingerprint density at radius 2 is 2.20 bits per heavy atom.